The molecule has 10 aromatic rings. The van der Waals surface area contributed by atoms with Crippen LogP contribution in [-0.4, -0.2) is 16.4 Å². The first-order valence-corrected chi connectivity index (χ1v) is 29.1. The molecule has 4 bridgehead atoms. The molecule has 4 aliphatic carbocycles. The Morgan fingerprint density at radius 3 is 2.00 bits per heavy atom. The van der Waals surface area contributed by atoms with E-state index in [9.17, 15) is 0 Å². The molecule has 8 aromatic carbocycles. The smallest absolute Gasteiger partial charge is 0.316 e. The minimum atomic E-state index is -0.202. The Morgan fingerprint density at radius 1 is 0.622 bits per heavy atom. The third kappa shape index (κ3) is 8.12. The van der Waals surface area contributed by atoms with Gasteiger partial charge in [-0.05, 0) is 138 Å². The van der Waals surface area contributed by atoms with Crippen LogP contribution in [0.25, 0.3) is 56.0 Å². The van der Waals surface area contributed by atoms with E-state index in [1.807, 2.05) is 0 Å². The normalized spacial score (nSPS) is 21.1. The van der Waals surface area contributed by atoms with Crippen molar-refractivity contribution in [1.82, 2.24) is 9.55 Å². The standard InChI is InChI=1S/C74H61BN5O.Pt/c1-73(2,3)55-43-58(77-48-78(68-29-15-14-28-67(68)77)72-61(51-18-6-4-7-19-51)24-16-25-62(72)52-20-8-5-9-21-52)46-60(44-55)81-59-31-32-64-63-23-11-13-27-66(63)80(69(64)47-59)71-45-54(34-36-76-71)74(56-39-49-38-50(41-56)42-57(74)40-49)70-30-17-37-79-65-26-12-10-22-53(65)33-35-75(70)79;/h4-37,43-45,48-50,56-57H,38-42H2,1-3H3;/q-3;. The van der Waals surface area contributed by atoms with Crippen LogP contribution in [0, 0.1) is 42.5 Å². The van der Waals surface area contributed by atoms with Crippen LogP contribution in [0.1, 0.15) is 69.6 Å². The summed E-state index contributed by atoms with van der Waals surface area (Å²) in [6.07, 6.45) is 18.1. The first kappa shape index (κ1) is 50.8. The summed E-state index contributed by atoms with van der Waals surface area (Å²) >= 11 is 0. The van der Waals surface area contributed by atoms with Crippen molar-refractivity contribution in [2.45, 2.75) is 63.7 Å². The number of aromatic nitrogens is 2. The second-order valence-corrected chi connectivity index (χ2v) is 24.5. The van der Waals surface area contributed by atoms with Crippen LogP contribution in [0.2, 0.25) is 0 Å². The maximum absolute atomic E-state index is 7.09. The van der Waals surface area contributed by atoms with Gasteiger partial charge in [0, 0.05) is 83.6 Å². The number of ether oxygens (including phenoxy) is 1. The van der Waals surface area contributed by atoms with Crippen LogP contribution >= 0.6 is 0 Å². The first-order chi connectivity index (χ1) is 39.7. The molecule has 4 saturated carbocycles. The van der Waals surface area contributed by atoms with Gasteiger partial charge in [-0.3, -0.25) is 0 Å². The monoisotopic (exact) mass is 1240 g/mol. The molecule has 4 fully saturated rings. The summed E-state index contributed by atoms with van der Waals surface area (Å²) in [6, 6.07) is 75.5. The zero-order chi connectivity index (χ0) is 54.0. The Bertz CT molecular complexity index is 4150. The van der Waals surface area contributed by atoms with Crippen molar-refractivity contribution in [3.05, 3.63) is 260 Å². The second-order valence-electron chi connectivity index (χ2n) is 24.5. The number of anilines is 5. The predicted molar refractivity (Wildman–Crippen MR) is 333 cm³/mol. The van der Waals surface area contributed by atoms with Gasteiger partial charge in [0.2, 0.25) is 0 Å². The van der Waals surface area contributed by atoms with Crippen molar-refractivity contribution in [3.63, 3.8) is 0 Å². The molecule has 5 heterocycles. The minimum absolute atomic E-state index is 0. The number of benzene rings is 8. The molecule has 0 radical (unpaired) electrons. The van der Waals surface area contributed by atoms with E-state index in [1.165, 1.54) is 54.4 Å². The number of para-hydroxylation sites is 5. The van der Waals surface area contributed by atoms with E-state index in [0.717, 1.165) is 90.0 Å². The van der Waals surface area contributed by atoms with Crippen molar-refractivity contribution in [1.29, 1.82) is 0 Å². The van der Waals surface area contributed by atoms with Crippen LogP contribution in [0.4, 0.5) is 28.4 Å². The molecule has 0 unspecified atom stereocenters. The fourth-order valence-electron chi connectivity index (χ4n) is 15.7. The number of rotatable bonds is 9. The number of nitrogens with zero attached hydrogens (tertiary/aromatic N) is 5. The Labute approximate surface area is 496 Å². The van der Waals surface area contributed by atoms with Crippen molar-refractivity contribution in [2.24, 2.45) is 23.7 Å². The Kier molecular flexibility index (Phi) is 12.3. The maximum Gasteiger partial charge on any atom is 0.316 e. The van der Waals surface area contributed by atoms with Gasteiger partial charge in [0.1, 0.15) is 5.82 Å². The summed E-state index contributed by atoms with van der Waals surface area (Å²) in [4.78, 5) is 12.5. The Balaban J connectivity index is 0.00000576. The molecule has 0 spiro atoms. The van der Waals surface area contributed by atoms with Crippen molar-refractivity contribution >= 4 is 63.2 Å². The molecule has 0 atom stereocenters. The van der Waals surface area contributed by atoms with Gasteiger partial charge in [0.25, 0.3) is 0 Å². The predicted octanol–water partition coefficient (Wildman–Crippen LogP) is 18.4. The quantitative estimate of drug-likeness (QED) is 0.106. The number of pyridine rings is 1. The first-order valence-electron chi connectivity index (χ1n) is 29.1. The van der Waals surface area contributed by atoms with Gasteiger partial charge in [-0.25, -0.2) is 4.98 Å². The molecule has 6 nitrogen and oxygen atoms in total. The van der Waals surface area contributed by atoms with E-state index in [0.29, 0.717) is 23.3 Å². The fraction of sp³-hybridized carbons (Fsp3) is 0.189. The third-order valence-electron chi connectivity index (χ3n) is 19.0. The Morgan fingerprint density at radius 2 is 1.28 bits per heavy atom. The molecule has 3 aliphatic heterocycles. The van der Waals surface area contributed by atoms with Crippen LogP contribution in [-0.2, 0) is 31.9 Å². The van der Waals surface area contributed by atoms with E-state index >= 15 is 0 Å². The summed E-state index contributed by atoms with van der Waals surface area (Å²) in [5, 5.41) is 2.27. The van der Waals surface area contributed by atoms with Crippen molar-refractivity contribution in [2.75, 3.05) is 14.6 Å². The second kappa shape index (κ2) is 19.8. The molecule has 82 heavy (non-hydrogen) atoms. The van der Waals surface area contributed by atoms with Crippen molar-refractivity contribution in [3.8, 4) is 39.6 Å². The summed E-state index contributed by atoms with van der Waals surface area (Å²) in [5.41, 5.74) is 17.1. The zero-order valence-electron chi connectivity index (χ0n) is 46.3. The van der Waals surface area contributed by atoms with Gasteiger partial charge in [-0.15, -0.1) is 53.6 Å². The minimum Gasteiger partial charge on any atom is -0.509 e. The molecule has 8 heteroatoms. The summed E-state index contributed by atoms with van der Waals surface area (Å²) in [6.45, 7) is 9.17. The topological polar surface area (TPSA) is 36.8 Å². The largest absolute Gasteiger partial charge is 0.509 e. The molecule has 0 saturated heterocycles. The van der Waals surface area contributed by atoms with E-state index in [4.69, 9.17) is 9.72 Å². The average Bonchev–Trinajstić information content (AvgIpc) is 2.79. The van der Waals surface area contributed by atoms with Gasteiger partial charge in [-0.1, -0.05) is 177 Å². The van der Waals surface area contributed by atoms with Gasteiger partial charge < -0.3 is 23.9 Å². The van der Waals surface area contributed by atoms with E-state index in [1.54, 1.807) is 0 Å². The van der Waals surface area contributed by atoms with E-state index < -0.39 is 0 Å². The number of hydrogen-bond acceptors (Lipinski definition) is 5. The average molecular weight is 1240 g/mol. The van der Waals surface area contributed by atoms with Crippen LogP contribution in [0.5, 0.6) is 11.5 Å². The molecule has 0 amide bonds. The molecule has 404 valence electrons. The molecule has 7 aliphatic rings. The van der Waals surface area contributed by atoms with Crippen LogP contribution < -0.4 is 19.3 Å². The Hall–Kier alpha value is -8.12. The van der Waals surface area contributed by atoms with E-state index in [2.05, 4.69) is 283 Å². The number of fused-ring (bicyclic) bond motifs is 7. The van der Waals surface area contributed by atoms with Crippen molar-refractivity contribution < 1.29 is 25.8 Å². The SMILES string of the molecule is CC(C)(C)c1cc(Oc2[c-]c3c(cc2)c2ccccc2n3-c2cc(C3(C4=CC=CN5B4C=Cc4ccccc45)C4CC5CC(C4)CC3C5)ccn2)[c-]c(N2[CH-]N(c3c(-c4ccccc4)cccc3-c3ccccc3)c3ccccc32)c1.[Pt]. The maximum atomic E-state index is 7.09. The number of hydrogen-bond donors (Lipinski definition) is 0. The van der Waals surface area contributed by atoms with Gasteiger partial charge >= 0.3 is 6.85 Å². The summed E-state index contributed by atoms with van der Waals surface area (Å²) in [7, 11) is 0. The summed E-state index contributed by atoms with van der Waals surface area (Å²) in [5.74, 6) is 7.39. The molecule has 0 N–H and O–H groups in total. The zero-order valence-corrected chi connectivity index (χ0v) is 48.6. The molecule has 17 rings (SSSR count). The summed E-state index contributed by atoms with van der Waals surface area (Å²) < 4.78 is 9.43. The van der Waals surface area contributed by atoms with Gasteiger partial charge in [-0.2, -0.15) is 6.07 Å². The fourth-order valence-corrected chi connectivity index (χ4v) is 15.7. The molecule has 2 aromatic heterocycles. The van der Waals surface area contributed by atoms with E-state index in [-0.39, 0.29) is 38.7 Å². The van der Waals surface area contributed by atoms with Gasteiger partial charge in [0.15, 0.2) is 0 Å². The van der Waals surface area contributed by atoms with Crippen LogP contribution in [0.15, 0.2) is 224 Å². The molecular formula is C74H61BN5OPt-3. The third-order valence-corrected chi connectivity index (χ3v) is 19.0. The van der Waals surface area contributed by atoms with Gasteiger partial charge in [0.05, 0.1) is 0 Å². The number of allylic oxidation sites excluding steroid dienone is 3. The molecular weight excluding hydrogens is 1180 g/mol. The van der Waals surface area contributed by atoms with Crippen LogP contribution in [0.3, 0.4) is 0 Å².